The van der Waals surface area contributed by atoms with Crippen LogP contribution >= 0.6 is 0 Å². The molecule has 0 atom stereocenters. The fourth-order valence-corrected chi connectivity index (χ4v) is 5.82. The molecule has 4 rings (SSSR count). The summed E-state index contributed by atoms with van der Waals surface area (Å²) in [5.41, 5.74) is 4.80. The molecule has 0 aliphatic rings. The van der Waals surface area contributed by atoms with Crippen LogP contribution in [0.1, 0.15) is 25.0 Å². The summed E-state index contributed by atoms with van der Waals surface area (Å²) in [5, 5.41) is 0. The van der Waals surface area contributed by atoms with Crippen molar-refractivity contribution in [1.82, 2.24) is 0 Å². The monoisotopic (exact) mass is 520 g/mol. The average Bonchev–Trinajstić information content (AvgIpc) is 2.89. The molecule has 0 saturated carbocycles. The van der Waals surface area contributed by atoms with Gasteiger partial charge in [-0.2, -0.15) is 0 Å². The van der Waals surface area contributed by atoms with Crippen molar-refractivity contribution in [3.8, 4) is 11.1 Å². The first kappa shape index (κ1) is 25.5. The summed E-state index contributed by atoms with van der Waals surface area (Å²) >= 11 is 0. The Labute approximate surface area is 213 Å². The average molecular weight is 521 g/mol. The summed E-state index contributed by atoms with van der Waals surface area (Å²) in [6.07, 6.45) is 1.76. The van der Waals surface area contributed by atoms with Crippen LogP contribution in [0.3, 0.4) is 0 Å². The first-order valence-electron chi connectivity index (χ1n) is 11.6. The Bertz CT molecular complexity index is 1410. The van der Waals surface area contributed by atoms with Crippen LogP contribution in [-0.4, -0.2) is 16.8 Å². The van der Waals surface area contributed by atoms with Crippen LogP contribution in [0.25, 0.3) is 11.1 Å². The Morgan fingerprint density at radius 1 is 0.472 bits per heavy atom. The van der Waals surface area contributed by atoms with Gasteiger partial charge in [-0.05, 0) is 83.6 Å². The molecule has 0 heterocycles. The van der Waals surface area contributed by atoms with E-state index in [2.05, 4.69) is 9.44 Å². The molecule has 0 radical (unpaired) electrons. The topological polar surface area (TPSA) is 92.3 Å². The third kappa shape index (κ3) is 5.95. The summed E-state index contributed by atoms with van der Waals surface area (Å²) in [7, 11) is -7.46. The third-order valence-electron chi connectivity index (χ3n) is 5.89. The predicted molar refractivity (Wildman–Crippen MR) is 145 cm³/mol. The minimum absolute atomic E-state index is 0.142. The van der Waals surface area contributed by atoms with E-state index in [1.165, 1.54) is 24.3 Å². The Morgan fingerprint density at radius 2 is 0.778 bits per heavy atom. The second kappa shape index (κ2) is 10.6. The molecular weight excluding hydrogens is 492 g/mol. The van der Waals surface area contributed by atoms with E-state index in [1.807, 2.05) is 38.1 Å². The number of sulfonamides is 2. The molecule has 0 saturated heterocycles. The van der Waals surface area contributed by atoms with Gasteiger partial charge in [0.25, 0.3) is 20.0 Å². The summed E-state index contributed by atoms with van der Waals surface area (Å²) in [5.74, 6) is 0. The van der Waals surface area contributed by atoms with Crippen LogP contribution in [0.4, 0.5) is 11.4 Å². The Morgan fingerprint density at radius 3 is 1.06 bits per heavy atom. The Balaban J connectivity index is 1.47. The van der Waals surface area contributed by atoms with Gasteiger partial charge in [-0.25, -0.2) is 16.8 Å². The van der Waals surface area contributed by atoms with E-state index in [0.717, 1.165) is 35.1 Å². The number of benzene rings is 4. The molecule has 6 nitrogen and oxygen atoms in total. The maximum atomic E-state index is 12.8. The summed E-state index contributed by atoms with van der Waals surface area (Å²) < 4.78 is 56.2. The van der Waals surface area contributed by atoms with Gasteiger partial charge in [-0.3, -0.25) is 9.44 Å². The summed E-state index contributed by atoms with van der Waals surface area (Å²) in [4.78, 5) is 0.284. The van der Waals surface area contributed by atoms with E-state index in [-0.39, 0.29) is 9.79 Å². The lowest BCUT2D eigenvalue weighted by atomic mass is 10.1. The van der Waals surface area contributed by atoms with Gasteiger partial charge in [0.05, 0.1) is 9.79 Å². The maximum absolute atomic E-state index is 12.8. The number of hydrogen-bond acceptors (Lipinski definition) is 4. The second-order valence-electron chi connectivity index (χ2n) is 8.36. The molecule has 0 unspecified atom stereocenters. The molecule has 0 aromatic heterocycles. The van der Waals surface area contributed by atoms with E-state index in [0.29, 0.717) is 11.4 Å². The lowest BCUT2D eigenvalue weighted by Crippen LogP contribution is -2.13. The van der Waals surface area contributed by atoms with Crippen molar-refractivity contribution >= 4 is 31.4 Å². The fraction of sp³-hybridized carbons (Fsp3) is 0.143. The van der Waals surface area contributed by atoms with E-state index in [4.69, 9.17) is 0 Å². The first-order chi connectivity index (χ1) is 17.2. The highest BCUT2D eigenvalue weighted by atomic mass is 32.2. The van der Waals surface area contributed by atoms with Crippen LogP contribution < -0.4 is 9.44 Å². The van der Waals surface area contributed by atoms with Gasteiger partial charge in [-0.1, -0.05) is 62.4 Å². The van der Waals surface area contributed by atoms with Gasteiger partial charge in [0.15, 0.2) is 0 Å². The number of hydrogen-bond donors (Lipinski definition) is 2. The fourth-order valence-electron chi connectivity index (χ4n) is 3.70. The number of anilines is 2. The minimum atomic E-state index is -3.73. The lowest BCUT2D eigenvalue weighted by Gasteiger charge is -2.11. The molecule has 0 aliphatic heterocycles. The molecule has 0 aliphatic carbocycles. The molecule has 0 bridgehead atoms. The number of rotatable bonds is 9. The molecule has 0 fully saturated rings. The molecule has 36 heavy (non-hydrogen) atoms. The Hall–Kier alpha value is -3.62. The van der Waals surface area contributed by atoms with Crippen molar-refractivity contribution < 1.29 is 16.8 Å². The van der Waals surface area contributed by atoms with Crippen molar-refractivity contribution in [1.29, 1.82) is 0 Å². The molecule has 4 aromatic carbocycles. The van der Waals surface area contributed by atoms with Gasteiger partial charge in [0.2, 0.25) is 0 Å². The third-order valence-corrected chi connectivity index (χ3v) is 8.69. The summed E-state index contributed by atoms with van der Waals surface area (Å²) in [6.45, 7) is 4.08. The van der Waals surface area contributed by atoms with Crippen LogP contribution in [0.5, 0.6) is 0 Å². The van der Waals surface area contributed by atoms with Gasteiger partial charge in [0.1, 0.15) is 0 Å². The van der Waals surface area contributed by atoms with Crippen LogP contribution in [0.15, 0.2) is 107 Å². The van der Waals surface area contributed by atoms with Crippen molar-refractivity contribution in [3.05, 3.63) is 108 Å². The molecular formula is C28H28N2O4S2. The normalized spacial score (nSPS) is 11.7. The largest absolute Gasteiger partial charge is 0.280 e. The standard InChI is InChI=1S/C28H28N2O4S2/c1-3-21-5-13-25(14-6-21)29-35(31,32)27-17-9-23(10-18-27)24-11-19-28(20-12-24)36(33,34)30-26-15-7-22(4-2)8-16-26/h5-20,29-30H,3-4H2,1-2H3. The van der Waals surface area contributed by atoms with Crippen molar-refractivity contribution in [2.24, 2.45) is 0 Å². The zero-order valence-electron chi connectivity index (χ0n) is 20.1. The quantitative estimate of drug-likeness (QED) is 0.280. The molecule has 4 aromatic rings. The summed E-state index contributed by atoms with van der Waals surface area (Å²) in [6, 6.07) is 27.5. The molecule has 0 amide bonds. The highest BCUT2D eigenvalue weighted by Crippen LogP contribution is 2.25. The SMILES string of the molecule is CCc1ccc(NS(=O)(=O)c2ccc(-c3ccc(S(=O)(=O)Nc4ccc(CC)cc4)cc3)cc2)cc1. The molecule has 186 valence electrons. The van der Waals surface area contributed by atoms with E-state index in [1.54, 1.807) is 48.5 Å². The van der Waals surface area contributed by atoms with Crippen molar-refractivity contribution in [2.45, 2.75) is 36.5 Å². The highest BCUT2D eigenvalue weighted by molar-refractivity contribution is 7.93. The molecule has 8 heteroatoms. The van der Waals surface area contributed by atoms with Gasteiger partial charge in [-0.15, -0.1) is 0 Å². The van der Waals surface area contributed by atoms with Crippen LogP contribution in [0.2, 0.25) is 0 Å². The minimum Gasteiger partial charge on any atom is -0.280 e. The zero-order valence-corrected chi connectivity index (χ0v) is 21.7. The van der Waals surface area contributed by atoms with Crippen LogP contribution in [-0.2, 0) is 32.9 Å². The second-order valence-corrected chi connectivity index (χ2v) is 11.7. The van der Waals surface area contributed by atoms with Crippen molar-refractivity contribution in [2.75, 3.05) is 9.44 Å². The smallest absolute Gasteiger partial charge is 0.261 e. The van der Waals surface area contributed by atoms with Gasteiger partial charge < -0.3 is 0 Å². The molecule has 2 N–H and O–H groups in total. The van der Waals surface area contributed by atoms with E-state index in [9.17, 15) is 16.8 Å². The van der Waals surface area contributed by atoms with Gasteiger partial charge >= 0.3 is 0 Å². The predicted octanol–water partition coefficient (Wildman–Crippen LogP) is 6.08. The lowest BCUT2D eigenvalue weighted by molar-refractivity contribution is 0.599. The first-order valence-corrected chi connectivity index (χ1v) is 14.6. The van der Waals surface area contributed by atoms with E-state index >= 15 is 0 Å². The van der Waals surface area contributed by atoms with Crippen molar-refractivity contribution in [3.63, 3.8) is 0 Å². The number of nitrogens with one attached hydrogen (secondary N) is 2. The van der Waals surface area contributed by atoms with Crippen LogP contribution in [0, 0.1) is 0 Å². The van der Waals surface area contributed by atoms with E-state index < -0.39 is 20.0 Å². The zero-order chi connectivity index (χ0) is 25.8. The molecule has 0 spiro atoms. The Kier molecular flexibility index (Phi) is 7.47. The van der Waals surface area contributed by atoms with Gasteiger partial charge in [0, 0.05) is 11.4 Å². The number of aryl methyl sites for hydroxylation is 2. The maximum Gasteiger partial charge on any atom is 0.261 e. The highest BCUT2D eigenvalue weighted by Gasteiger charge is 2.16.